The zero-order valence-electron chi connectivity index (χ0n) is 11.8. The molecule has 0 heterocycles. The maximum atomic E-state index is 14.4. The van der Waals surface area contributed by atoms with Gasteiger partial charge in [-0.05, 0) is 35.0 Å². The molecular weight excluding hydrogens is 278 g/mol. The van der Waals surface area contributed by atoms with Crippen molar-refractivity contribution in [3.8, 4) is 22.3 Å². The standard InChI is InChI=1S/C19H16FP/c1-13-2-4-14(5-3-13)16-8-11-18(19(20)12-16)15-6-9-17(21)10-7-15/h2-12H,21H2,1H3. The number of hydrogen-bond acceptors (Lipinski definition) is 0. The molecule has 21 heavy (non-hydrogen) atoms. The van der Waals surface area contributed by atoms with E-state index in [1.165, 1.54) is 5.56 Å². The fourth-order valence-electron chi connectivity index (χ4n) is 2.34. The summed E-state index contributed by atoms with van der Waals surface area (Å²) in [6, 6.07) is 21.4. The van der Waals surface area contributed by atoms with Gasteiger partial charge in [-0.25, -0.2) is 4.39 Å². The third-order valence-electron chi connectivity index (χ3n) is 3.58. The molecule has 2 heteroatoms. The summed E-state index contributed by atoms with van der Waals surface area (Å²) in [5, 5.41) is 1.09. The number of hydrogen-bond donors (Lipinski definition) is 0. The van der Waals surface area contributed by atoms with Gasteiger partial charge in [0.2, 0.25) is 0 Å². The molecule has 0 amide bonds. The van der Waals surface area contributed by atoms with Crippen molar-refractivity contribution in [2.45, 2.75) is 6.92 Å². The highest BCUT2D eigenvalue weighted by Gasteiger charge is 2.07. The molecule has 0 aliphatic carbocycles. The maximum absolute atomic E-state index is 14.4. The lowest BCUT2D eigenvalue weighted by molar-refractivity contribution is 0.632. The second-order valence-corrected chi connectivity index (χ2v) is 5.85. The first kappa shape index (κ1) is 14.0. The summed E-state index contributed by atoms with van der Waals surface area (Å²) in [5.74, 6) is -0.190. The maximum Gasteiger partial charge on any atom is 0.131 e. The third-order valence-corrected chi connectivity index (χ3v) is 3.96. The first-order valence-corrected chi connectivity index (χ1v) is 7.44. The molecule has 0 fully saturated rings. The molecule has 0 saturated heterocycles. The van der Waals surface area contributed by atoms with E-state index in [9.17, 15) is 4.39 Å². The molecule has 104 valence electrons. The van der Waals surface area contributed by atoms with Crippen molar-refractivity contribution in [3.05, 3.63) is 78.1 Å². The highest BCUT2D eigenvalue weighted by molar-refractivity contribution is 7.27. The molecular formula is C19H16FP. The molecule has 0 aliphatic heterocycles. The Bertz CT molecular complexity index is 759. The summed E-state index contributed by atoms with van der Waals surface area (Å²) >= 11 is 0. The Morgan fingerprint density at radius 3 is 1.90 bits per heavy atom. The van der Waals surface area contributed by atoms with E-state index in [2.05, 4.69) is 9.24 Å². The highest BCUT2D eigenvalue weighted by atomic mass is 31.0. The van der Waals surface area contributed by atoms with Crippen molar-refractivity contribution in [1.29, 1.82) is 0 Å². The van der Waals surface area contributed by atoms with Crippen molar-refractivity contribution in [1.82, 2.24) is 0 Å². The van der Waals surface area contributed by atoms with Gasteiger partial charge in [0.15, 0.2) is 0 Å². The summed E-state index contributed by atoms with van der Waals surface area (Å²) in [5.41, 5.74) is 4.67. The van der Waals surface area contributed by atoms with Crippen LogP contribution in [-0.4, -0.2) is 0 Å². The zero-order valence-corrected chi connectivity index (χ0v) is 13.0. The normalized spacial score (nSPS) is 10.6. The number of rotatable bonds is 2. The van der Waals surface area contributed by atoms with Crippen LogP contribution in [-0.2, 0) is 0 Å². The van der Waals surface area contributed by atoms with Crippen molar-refractivity contribution in [2.75, 3.05) is 0 Å². The second-order valence-electron chi connectivity index (χ2n) is 5.18. The van der Waals surface area contributed by atoms with E-state index < -0.39 is 0 Å². The topological polar surface area (TPSA) is 0 Å². The molecule has 0 saturated carbocycles. The quantitative estimate of drug-likeness (QED) is 0.585. The van der Waals surface area contributed by atoms with Crippen LogP contribution in [0.15, 0.2) is 66.7 Å². The van der Waals surface area contributed by atoms with E-state index in [-0.39, 0.29) is 5.82 Å². The van der Waals surface area contributed by atoms with Crippen LogP contribution in [0.3, 0.4) is 0 Å². The van der Waals surface area contributed by atoms with Crippen LogP contribution in [0.5, 0.6) is 0 Å². The largest absolute Gasteiger partial charge is 0.206 e. The Labute approximate surface area is 126 Å². The molecule has 1 atom stereocenters. The van der Waals surface area contributed by atoms with Crippen LogP contribution in [0.4, 0.5) is 4.39 Å². The lowest BCUT2D eigenvalue weighted by Crippen LogP contribution is -1.90. The van der Waals surface area contributed by atoms with Gasteiger partial charge in [-0.2, -0.15) is 0 Å². The van der Waals surface area contributed by atoms with Gasteiger partial charge in [0.25, 0.3) is 0 Å². The second kappa shape index (κ2) is 5.79. The molecule has 0 N–H and O–H groups in total. The highest BCUT2D eigenvalue weighted by Crippen LogP contribution is 2.28. The van der Waals surface area contributed by atoms with E-state index in [1.807, 2.05) is 67.6 Å². The number of halogens is 1. The van der Waals surface area contributed by atoms with Gasteiger partial charge in [-0.1, -0.05) is 66.2 Å². The number of aryl methyl sites for hydroxylation is 1. The van der Waals surface area contributed by atoms with Crippen LogP contribution >= 0.6 is 9.24 Å². The van der Waals surface area contributed by atoms with Gasteiger partial charge < -0.3 is 0 Å². The smallest absolute Gasteiger partial charge is 0.131 e. The summed E-state index contributed by atoms with van der Waals surface area (Å²) in [6.07, 6.45) is 0. The van der Waals surface area contributed by atoms with Gasteiger partial charge in [0.05, 0.1) is 0 Å². The SMILES string of the molecule is Cc1ccc(-c2ccc(-c3ccc(P)cc3)c(F)c2)cc1. The first-order valence-electron chi connectivity index (χ1n) is 6.86. The van der Waals surface area contributed by atoms with Crippen molar-refractivity contribution < 1.29 is 4.39 Å². The average Bonchev–Trinajstić information content (AvgIpc) is 2.49. The molecule has 0 aromatic heterocycles. The van der Waals surface area contributed by atoms with Gasteiger partial charge in [0.1, 0.15) is 5.82 Å². The fourth-order valence-corrected chi connectivity index (χ4v) is 2.53. The Morgan fingerprint density at radius 2 is 1.29 bits per heavy atom. The molecule has 3 aromatic carbocycles. The van der Waals surface area contributed by atoms with Crippen LogP contribution < -0.4 is 5.30 Å². The average molecular weight is 294 g/mol. The van der Waals surface area contributed by atoms with Gasteiger partial charge in [0, 0.05) is 5.56 Å². The molecule has 3 rings (SSSR count). The Kier molecular flexibility index (Phi) is 3.86. The minimum Gasteiger partial charge on any atom is -0.206 e. The van der Waals surface area contributed by atoms with Crippen molar-refractivity contribution in [2.24, 2.45) is 0 Å². The fraction of sp³-hybridized carbons (Fsp3) is 0.0526. The van der Waals surface area contributed by atoms with Crippen LogP contribution in [0.2, 0.25) is 0 Å². The van der Waals surface area contributed by atoms with Gasteiger partial charge in [-0.15, -0.1) is 9.24 Å². The molecule has 3 aromatic rings. The molecule has 0 spiro atoms. The summed E-state index contributed by atoms with van der Waals surface area (Å²) in [7, 11) is 2.63. The molecule has 0 radical (unpaired) electrons. The molecule has 1 unspecified atom stereocenters. The Morgan fingerprint density at radius 1 is 0.714 bits per heavy atom. The molecule has 0 bridgehead atoms. The van der Waals surface area contributed by atoms with E-state index >= 15 is 0 Å². The molecule has 0 nitrogen and oxygen atoms in total. The number of benzene rings is 3. The lowest BCUT2D eigenvalue weighted by Gasteiger charge is -2.07. The van der Waals surface area contributed by atoms with Crippen LogP contribution in [0, 0.1) is 12.7 Å². The summed E-state index contributed by atoms with van der Waals surface area (Å²) in [4.78, 5) is 0. The van der Waals surface area contributed by atoms with E-state index in [1.54, 1.807) is 6.07 Å². The van der Waals surface area contributed by atoms with Crippen molar-refractivity contribution in [3.63, 3.8) is 0 Å². The first-order chi connectivity index (χ1) is 10.1. The van der Waals surface area contributed by atoms with Crippen LogP contribution in [0.1, 0.15) is 5.56 Å². The predicted octanol–water partition coefficient (Wildman–Crippen LogP) is 4.97. The Hall–Kier alpha value is -1.98. The van der Waals surface area contributed by atoms with Gasteiger partial charge in [-0.3, -0.25) is 0 Å². The Balaban J connectivity index is 1.99. The monoisotopic (exact) mass is 294 g/mol. The van der Waals surface area contributed by atoms with Gasteiger partial charge >= 0.3 is 0 Å². The minimum atomic E-state index is -0.190. The lowest BCUT2D eigenvalue weighted by atomic mass is 9.99. The van der Waals surface area contributed by atoms with Crippen LogP contribution in [0.25, 0.3) is 22.3 Å². The minimum absolute atomic E-state index is 0.190. The zero-order chi connectivity index (χ0) is 14.8. The van der Waals surface area contributed by atoms with Crippen molar-refractivity contribution >= 4 is 14.5 Å². The van der Waals surface area contributed by atoms with E-state index in [0.29, 0.717) is 5.56 Å². The third kappa shape index (κ3) is 3.04. The summed E-state index contributed by atoms with van der Waals surface area (Å²) < 4.78 is 14.4. The predicted molar refractivity (Wildman–Crippen MR) is 91.4 cm³/mol. The van der Waals surface area contributed by atoms with E-state index in [4.69, 9.17) is 0 Å². The molecule has 0 aliphatic rings. The van der Waals surface area contributed by atoms with E-state index in [0.717, 1.165) is 22.0 Å². The summed E-state index contributed by atoms with van der Waals surface area (Å²) in [6.45, 7) is 2.04.